The van der Waals surface area contributed by atoms with Gasteiger partial charge in [-0.3, -0.25) is 4.98 Å². The van der Waals surface area contributed by atoms with Crippen LogP contribution in [0.5, 0.6) is 0 Å². The Kier molecular flexibility index (Phi) is 5.63. The first-order valence-electron chi connectivity index (χ1n) is 9.48. The highest BCUT2D eigenvalue weighted by atomic mass is 19.1. The molecule has 0 bridgehead atoms. The molecule has 0 aliphatic rings. The fourth-order valence-corrected chi connectivity index (χ4v) is 3.25. The lowest BCUT2D eigenvalue weighted by atomic mass is 10.1. The summed E-state index contributed by atoms with van der Waals surface area (Å²) in [6.07, 6.45) is 1.58. The van der Waals surface area contributed by atoms with Gasteiger partial charge in [-0.2, -0.15) is 0 Å². The number of nitrogens with zero attached hydrogens (tertiary/aromatic N) is 2. The number of hydrogen-bond acceptors (Lipinski definition) is 6. The van der Waals surface area contributed by atoms with Gasteiger partial charge in [-0.25, -0.2) is 22.9 Å². The summed E-state index contributed by atoms with van der Waals surface area (Å²) in [5, 5.41) is 3.73. The molecule has 3 N–H and O–H groups in total. The van der Waals surface area contributed by atoms with Crippen molar-refractivity contribution in [1.29, 1.82) is 0 Å². The van der Waals surface area contributed by atoms with Crippen LogP contribution in [0, 0.1) is 17.5 Å². The van der Waals surface area contributed by atoms with Crippen LogP contribution >= 0.6 is 0 Å². The number of aromatic nitrogens is 2. The third kappa shape index (κ3) is 4.04. The fourth-order valence-electron chi connectivity index (χ4n) is 3.25. The minimum atomic E-state index is -1.12. The third-order valence-electron chi connectivity index (χ3n) is 4.87. The summed E-state index contributed by atoms with van der Waals surface area (Å²) in [6.45, 7) is 0.0708. The first-order chi connectivity index (χ1) is 15.4. The van der Waals surface area contributed by atoms with Crippen LogP contribution in [-0.4, -0.2) is 23.0 Å². The summed E-state index contributed by atoms with van der Waals surface area (Å²) < 4.78 is 47.4. The van der Waals surface area contributed by atoms with Crippen molar-refractivity contribution in [2.45, 2.75) is 6.54 Å². The van der Waals surface area contributed by atoms with E-state index in [1.54, 1.807) is 18.3 Å². The van der Waals surface area contributed by atoms with E-state index in [-0.39, 0.29) is 29.3 Å². The summed E-state index contributed by atoms with van der Waals surface area (Å²) >= 11 is 0. The number of anilines is 2. The predicted octanol–water partition coefficient (Wildman–Crippen LogP) is 4.70. The number of esters is 1. The van der Waals surface area contributed by atoms with Crippen molar-refractivity contribution < 1.29 is 22.7 Å². The van der Waals surface area contributed by atoms with Gasteiger partial charge in [0.1, 0.15) is 28.8 Å². The molecule has 162 valence electrons. The van der Waals surface area contributed by atoms with Crippen LogP contribution in [0.1, 0.15) is 15.9 Å². The highest BCUT2D eigenvalue weighted by Crippen LogP contribution is 2.27. The van der Waals surface area contributed by atoms with E-state index in [0.29, 0.717) is 11.1 Å². The van der Waals surface area contributed by atoms with E-state index in [2.05, 4.69) is 20.0 Å². The zero-order chi connectivity index (χ0) is 22.8. The van der Waals surface area contributed by atoms with Gasteiger partial charge in [0.2, 0.25) is 0 Å². The molecule has 0 atom stereocenters. The largest absolute Gasteiger partial charge is 0.465 e. The minimum absolute atomic E-state index is 0.0708. The number of carbonyl (C=O) groups is 1. The molecule has 2 aromatic heterocycles. The van der Waals surface area contributed by atoms with Crippen molar-refractivity contribution in [2.24, 2.45) is 0 Å². The normalized spacial score (nSPS) is 10.9. The smallest absolute Gasteiger partial charge is 0.343 e. The molecule has 2 heterocycles. The quantitative estimate of drug-likeness (QED) is 0.439. The number of benzene rings is 2. The number of methoxy groups -OCH3 is 1. The molecular weight excluding hydrogens is 421 g/mol. The molecule has 0 unspecified atom stereocenters. The molecule has 4 rings (SSSR count). The van der Waals surface area contributed by atoms with Crippen LogP contribution in [-0.2, 0) is 11.3 Å². The second kappa shape index (κ2) is 8.54. The highest BCUT2D eigenvalue weighted by molar-refractivity contribution is 5.90. The summed E-state index contributed by atoms with van der Waals surface area (Å²) in [5.41, 5.74) is 6.66. The van der Waals surface area contributed by atoms with Gasteiger partial charge in [0, 0.05) is 35.3 Å². The number of fused-ring (bicyclic) bond motifs is 1. The zero-order valence-corrected chi connectivity index (χ0v) is 16.8. The van der Waals surface area contributed by atoms with E-state index >= 15 is 0 Å². The van der Waals surface area contributed by atoms with Gasteiger partial charge in [0.25, 0.3) is 0 Å². The lowest BCUT2D eigenvalue weighted by Crippen LogP contribution is -2.09. The highest BCUT2D eigenvalue weighted by Gasteiger charge is 2.20. The van der Waals surface area contributed by atoms with E-state index in [1.165, 1.54) is 18.2 Å². The number of halogens is 3. The van der Waals surface area contributed by atoms with Crippen LogP contribution in [0.25, 0.3) is 22.2 Å². The van der Waals surface area contributed by atoms with Crippen LogP contribution in [0.3, 0.4) is 0 Å². The Bertz CT molecular complexity index is 1320. The molecule has 0 spiro atoms. The maximum atomic E-state index is 14.4. The number of carbonyl (C=O) groups excluding carboxylic acids is 1. The van der Waals surface area contributed by atoms with E-state index in [4.69, 9.17) is 5.73 Å². The van der Waals surface area contributed by atoms with E-state index in [1.807, 2.05) is 6.07 Å². The molecule has 0 radical (unpaired) electrons. The molecule has 0 amide bonds. The Hall–Kier alpha value is -4.14. The lowest BCUT2D eigenvalue weighted by Gasteiger charge is -2.12. The van der Waals surface area contributed by atoms with E-state index in [9.17, 15) is 18.0 Å². The van der Waals surface area contributed by atoms with Crippen molar-refractivity contribution in [3.8, 4) is 11.3 Å². The average Bonchev–Trinajstić information content (AvgIpc) is 2.77. The van der Waals surface area contributed by atoms with E-state index in [0.717, 1.165) is 24.6 Å². The van der Waals surface area contributed by atoms with Crippen LogP contribution in [0.2, 0.25) is 0 Å². The number of nitrogens with one attached hydrogen (secondary N) is 1. The summed E-state index contributed by atoms with van der Waals surface area (Å²) in [6, 6.07) is 11.5. The van der Waals surface area contributed by atoms with Crippen molar-refractivity contribution in [3.05, 3.63) is 83.3 Å². The number of nitrogens with two attached hydrogens (primary N) is 1. The number of rotatable bonds is 5. The van der Waals surface area contributed by atoms with Crippen molar-refractivity contribution in [2.75, 3.05) is 18.2 Å². The maximum absolute atomic E-state index is 14.4. The van der Waals surface area contributed by atoms with E-state index < -0.39 is 29.0 Å². The first-order valence-corrected chi connectivity index (χ1v) is 9.48. The van der Waals surface area contributed by atoms with Gasteiger partial charge in [-0.05, 0) is 36.4 Å². The number of hydrogen-bond donors (Lipinski definition) is 2. The Balaban J connectivity index is 1.63. The molecule has 6 nitrogen and oxygen atoms in total. The Labute approximate surface area is 180 Å². The van der Waals surface area contributed by atoms with Gasteiger partial charge in [0.15, 0.2) is 0 Å². The predicted molar refractivity (Wildman–Crippen MR) is 114 cm³/mol. The molecular formula is C23H17F3N4O2. The molecule has 2 aromatic carbocycles. The van der Waals surface area contributed by atoms with Crippen molar-refractivity contribution >= 4 is 28.4 Å². The zero-order valence-electron chi connectivity index (χ0n) is 16.8. The first kappa shape index (κ1) is 21.1. The monoisotopic (exact) mass is 438 g/mol. The van der Waals surface area contributed by atoms with Crippen molar-refractivity contribution in [3.63, 3.8) is 0 Å². The maximum Gasteiger partial charge on any atom is 0.343 e. The molecule has 0 aliphatic heterocycles. The third-order valence-corrected chi connectivity index (χ3v) is 4.87. The van der Waals surface area contributed by atoms with Crippen molar-refractivity contribution in [1.82, 2.24) is 9.97 Å². The van der Waals surface area contributed by atoms with Gasteiger partial charge >= 0.3 is 5.97 Å². The summed E-state index contributed by atoms with van der Waals surface area (Å²) in [5.74, 6) is -3.50. The number of pyridine rings is 2. The molecule has 0 fully saturated rings. The Morgan fingerprint density at radius 2 is 1.81 bits per heavy atom. The van der Waals surface area contributed by atoms with Gasteiger partial charge < -0.3 is 15.8 Å². The fraction of sp³-hybridized carbons (Fsp3) is 0.0870. The van der Waals surface area contributed by atoms with Crippen LogP contribution in [0.15, 0.2) is 54.7 Å². The molecule has 9 heteroatoms. The van der Waals surface area contributed by atoms with Gasteiger partial charge in [-0.1, -0.05) is 6.07 Å². The second-order valence-corrected chi connectivity index (χ2v) is 6.93. The molecule has 0 aliphatic carbocycles. The SMILES string of the molecule is COC(=O)c1c(F)cc(-c2ccc(N)c(NCc3cc4cccnc4cc3F)n2)cc1F. The topological polar surface area (TPSA) is 90.1 Å². The standard InChI is InChI=1S/C23H17F3N4O2/c1-32-23(31)21-16(25)8-13(9-17(21)26)19-5-4-18(27)22(30-19)29-11-14-7-12-3-2-6-28-20(12)10-15(14)24/h2-10H,11,27H2,1H3,(H,29,30). The molecule has 4 aromatic rings. The average molecular weight is 438 g/mol. The minimum Gasteiger partial charge on any atom is -0.465 e. The Morgan fingerprint density at radius 1 is 1.06 bits per heavy atom. The second-order valence-electron chi connectivity index (χ2n) is 6.93. The molecule has 32 heavy (non-hydrogen) atoms. The van der Waals surface area contributed by atoms with Gasteiger partial charge in [-0.15, -0.1) is 0 Å². The summed E-state index contributed by atoms with van der Waals surface area (Å²) in [4.78, 5) is 20.0. The lowest BCUT2D eigenvalue weighted by molar-refractivity contribution is 0.0590. The number of ether oxygens (including phenoxy) is 1. The van der Waals surface area contributed by atoms with Crippen LogP contribution in [0.4, 0.5) is 24.7 Å². The number of nitrogen functional groups attached to an aromatic ring is 1. The Morgan fingerprint density at radius 3 is 2.53 bits per heavy atom. The van der Waals surface area contributed by atoms with Gasteiger partial charge in [0.05, 0.1) is 24.0 Å². The van der Waals surface area contributed by atoms with Crippen LogP contribution < -0.4 is 11.1 Å². The molecule has 0 saturated heterocycles. The summed E-state index contributed by atoms with van der Waals surface area (Å²) in [7, 11) is 1.03. The molecule has 0 saturated carbocycles.